The molecule has 0 fully saturated rings. The molecule has 0 bridgehead atoms. The molecule has 0 saturated carbocycles. The number of thiol groups is 1. The quantitative estimate of drug-likeness (QED) is 0.244. The zero-order valence-corrected chi connectivity index (χ0v) is 13.3. The van der Waals surface area contributed by atoms with Gasteiger partial charge < -0.3 is 27.0 Å². The monoisotopic (exact) mass is 305 g/mol. The van der Waals surface area contributed by atoms with E-state index < -0.39 is 0 Å². The lowest BCUT2D eigenvalue weighted by Crippen LogP contribution is -2.42. The van der Waals surface area contributed by atoms with Crippen LogP contribution in [0.15, 0.2) is 0 Å². The first kappa shape index (κ1) is 19.5. The number of carbonyl (C=O) groups excluding carboxylic acids is 1. The van der Waals surface area contributed by atoms with E-state index in [1.807, 2.05) is 4.90 Å². The molecule has 0 unspecified atom stereocenters. The lowest BCUT2D eigenvalue weighted by molar-refractivity contribution is 0.197. The molecule has 2 amide bonds. The molecule has 120 valence electrons. The molecular weight excluding hydrogens is 274 g/mol. The minimum atomic E-state index is -0.0106. The van der Waals surface area contributed by atoms with Crippen LogP contribution < -0.4 is 22.1 Å². The van der Waals surface area contributed by atoms with Crippen LogP contribution in [-0.2, 0) is 0 Å². The van der Waals surface area contributed by atoms with Crippen molar-refractivity contribution in [2.45, 2.75) is 25.7 Å². The van der Waals surface area contributed by atoms with Crippen LogP contribution in [0.2, 0.25) is 0 Å². The van der Waals surface area contributed by atoms with Crippen molar-refractivity contribution in [3.05, 3.63) is 0 Å². The molecule has 0 aromatic carbocycles. The van der Waals surface area contributed by atoms with Gasteiger partial charge in [0.25, 0.3) is 0 Å². The Morgan fingerprint density at radius 1 is 0.950 bits per heavy atom. The molecule has 0 aromatic rings. The van der Waals surface area contributed by atoms with E-state index in [1.54, 1.807) is 0 Å². The van der Waals surface area contributed by atoms with Crippen molar-refractivity contribution in [1.29, 1.82) is 0 Å². The maximum Gasteiger partial charge on any atom is 0.317 e. The van der Waals surface area contributed by atoms with Gasteiger partial charge >= 0.3 is 6.03 Å². The van der Waals surface area contributed by atoms with Crippen molar-refractivity contribution in [3.8, 4) is 0 Å². The third-order valence-corrected chi connectivity index (χ3v) is 3.12. The number of nitrogens with one attached hydrogen (secondary N) is 2. The van der Waals surface area contributed by atoms with Crippen molar-refractivity contribution in [1.82, 2.24) is 15.5 Å². The molecule has 0 aliphatic rings. The van der Waals surface area contributed by atoms with E-state index in [1.165, 1.54) is 0 Å². The number of nitrogens with zero attached hydrogens (tertiary/aromatic N) is 1. The van der Waals surface area contributed by atoms with E-state index in [0.717, 1.165) is 58.4 Å². The van der Waals surface area contributed by atoms with Crippen molar-refractivity contribution in [2.24, 2.45) is 11.5 Å². The number of amides is 2. The van der Waals surface area contributed by atoms with Crippen LogP contribution in [0, 0.1) is 0 Å². The Balaban J connectivity index is 3.77. The molecule has 0 heterocycles. The van der Waals surface area contributed by atoms with Crippen LogP contribution in [-0.4, -0.2) is 62.5 Å². The van der Waals surface area contributed by atoms with Gasteiger partial charge in [-0.15, -0.1) is 0 Å². The van der Waals surface area contributed by atoms with Gasteiger partial charge in [0.05, 0.1) is 0 Å². The number of rotatable bonds is 13. The van der Waals surface area contributed by atoms with Crippen molar-refractivity contribution >= 4 is 18.7 Å². The zero-order valence-electron chi connectivity index (χ0n) is 12.4. The first-order valence-electron chi connectivity index (χ1n) is 7.50. The predicted octanol–water partition coefficient (Wildman–Crippen LogP) is -0.00480. The molecule has 20 heavy (non-hydrogen) atoms. The summed E-state index contributed by atoms with van der Waals surface area (Å²) in [5.74, 6) is 0.654. The minimum absolute atomic E-state index is 0.0106. The van der Waals surface area contributed by atoms with Crippen molar-refractivity contribution < 1.29 is 4.79 Å². The second-order valence-electron chi connectivity index (χ2n) is 4.68. The molecule has 0 atom stereocenters. The van der Waals surface area contributed by atoms with Gasteiger partial charge in [-0.1, -0.05) is 0 Å². The Bertz CT molecular complexity index is 231. The highest BCUT2D eigenvalue weighted by molar-refractivity contribution is 7.80. The molecule has 6 N–H and O–H groups in total. The predicted molar refractivity (Wildman–Crippen MR) is 88.3 cm³/mol. The summed E-state index contributed by atoms with van der Waals surface area (Å²) in [4.78, 5) is 13.8. The third kappa shape index (κ3) is 11.3. The average molecular weight is 305 g/mol. The summed E-state index contributed by atoms with van der Waals surface area (Å²) in [6, 6.07) is -0.0106. The molecule has 7 heteroatoms. The summed E-state index contributed by atoms with van der Waals surface area (Å²) in [5.41, 5.74) is 10.9. The van der Waals surface area contributed by atoms with Gasteiger partial charge in [0.15, 0.2) is 0 Å². The van der Waals surface area contributed by atoms with E-state index in [0.29, 0.717) is 18.8 Å². The number of nitrogens with two attached hydrogens (primary N) is 2. The van der Waals surface area contributed by atoms with E-state index in [-0.39, 0.29) is 6.03 Å². The fourth-order valence-corrected chi connectivity index (χ4v) is 1.89. The molecule has 0 spiro atoms. The molecule has 0 saturated heterocycles. The summed E-state index contributed by atoms with van der Waals surface area (Å²) in [5, 5.41) is 6.19. The first-order chi connectivity index (χ1) is 9.76. The SMILES string of the molecule is NCCCNCCCCN(CCCN)C(=O)NCCS. The largest absolute Gasteiger partial charge is 0.337 e. The van der Waals surface area contributed by atoms with Gasteiger partial charge in [-0.3, -0.25) is 0 Å². The number of unbranched alkanes of at least 4 members (excludes halogenated alkanes) is 1. The van der Waals surface area contributed by atoms with Gasteiger partial charge in [-0.05, 0) is 51.9 Å². The Morgan fingerprint density at radius 3 is 2.25 bits per heavy atom. The Kier molecular flexibility index (Phi) is 14.5. The molecule has 6 nitrogen and oxygen atoms in total. The Morgan fingerprint density at radius 2 is 1.60 bits per heavy atom. The molecule has 0 radical (unpaired) electrons. The zero-order chi connectivity index (χ0) is 15.1. The highest BCUT2D eigenvalue weighted by Gasteiger charge is 2.11. The van der Waals surface area contributed by atoms with Gasteiger partial charge in [-0.2, -0.15) is 12.6 Å². The Labute approximate surface area is 128 Å². The third-order valence-electron chi connectivity index (χ3n) is 2.90. The fourth-order valence-electron chi connectivity index (χ4n) is 1.78. The highest BCUT2D eigenvalue weighted by atomic mass is 32.1. The first-order valence-corrected chi connectivity index (χ1v) is 8.14. The number of urea groups is 1. The maximum atomic E-state index is 11.9. The normalized spacial score (nSPS) is 10.6. The van der Waals surface area contributed by atoms with E-state index >= 15 is 0 Å². The molecule has 0 rings (SSSR count). The van der Waals surface area contributed by atoms with E-state index in [9.17, 15) is 4.79 Å². The van der Waals surface area contributed by atoms with Crippen molar-refractivity contribution in [2.75, 3.05) is 51.6 Å². The molecule has 0 aromatic heterocycles. The topological polar surface area (TPSA) is 96.4 Å². The van der Waals surface area contributed by atoms with Crippen LogP contribution >= 0.6 is 12.6 Å². The lowest BCUT2D eigenvalue weighted by atomic mass is 10.2. The molecule has 0 aliphatic heterocycles. The van der Waals surface area contributed by atoms with Crippen LogP contribution in [0.3, 0.4) is 0 Å². The number of carbonyl (C=O) groups is 1. The lowest BCUT2D eigenvalue weighted by Gasteiger charge is -2.22. The van der Waals surface area contributed by atoms with Crippen molar-refractivity contribution in [3.63, 3.8) is 0 Å². The smallest absolute Gasteiger partial charge is 0.317 e. The van der Waals surface area contributed by atoms with Crippen LogP contribution in [0.25, 0.3) is 0 Å². The summed E-state index contributed by atoms with van der Waals surface area (Å²) in [7, 11) is 0. The number of hydrogen-bond acceptors (Lipinski definition) is 5. The van der Waals surface area contributed by atoms with Gasteiger partial charge in [0, 0.05) is 25.4 Å². The highest BCUT2D eigenvalue weighted by Crippen LogP contribution is 1.98. The summed E-state index contributed by atoms with van der Waals surface area (Å²) in [6.07, 6.45) is 3.90. The van der Waals surface area contributed by atoms with Crippen LogP contribution in [0.5, 0.6) is 0 Å². The maximum absolute atomic E-state index is 11.9. The second kappa shape index (κ2) is 14.9. The van der Waals surface area contributed by atoms with Crippen LogP contribution in [0.1, 0.15) is 25.7 Å². The fraction of sp³-hybridized carbons (Fsp3) is 0.923. The van der Waals surface area contributed by atoms with E-state index in [2.05, 4.69) is 23.3 Å². The van der Waals surface area contributed by atoms with Crippen LogP contribution in [0.4, 0.5) is 4.79 Å². The standard InChI is InChI=1S/C13H31N5OS/c14-5-3-8-16-7-1-2-10-18(11-4-6-15)13(19)17-9-12-20/h16,20H,1-12,14-15H2,(H,17,19). The summed E-state index contributed by atoms with van der Waals surface area (Å²) >= 11 is 4.09. The minimum Gasteiger partial charge on any atom is -0.337 e. The summed E-state index contributed by atoms with van der Waals surface area (Å²) < 4.78 is 0. The Hall–Kier alpha value is -0.500. The summed E-state index contributed by atoms with van der Waals surface area (Å²) in [6.45, 7) is 5.37. The second-order valence-corrected chi connectivity index (χ2v) is 5.13. The molecule has 0 aliphatic carbocycles. The van der Waals surface area contributed by atoms with Gasteiger partial charge in [0.2, 0.25) is 0 Å². The van der Waals surface area contributed by atoms with Gasteiger partial charge in [0.1, 0.15) is 0 Å². The average Bonchev–Trinajstić information content (AvgIpc) is 2.46. The molecular formula is C13H31N5OS. The number of hydrogen-bond donors (Lipinski definition) is 5. The van der Waals surface area contributed by atoms with E-state index in [4.69, 9.17) is 11.5 Å². The van der Waals surface area contributed by atoms with Gasteiger partial charge in [-0.25, -0.2) is 4.79 Å².